The van der Waals surface area contributed by atoms with Crippen LogP contribution in [0.15, 0.2) is 73.3 Å². The quantitative estimate of drug-likeness (QED) is 0.576. The highest BCUT2D eigenvalue weighted by Gasteiger charge is 2.30. The number of benzene rings is 1. The van der Waals surface area contributed by atoms with E-state index in [4.69, 9.17) is 0 Å². The number of alkyl halides is 3. The molecule has 0 bridgehead atoms. The Morgan fingerprint density at radius 2 is 1.39 bits per heavy atom. The fraction of sp³-hybridized carbons (Fsp3) is 0.238. The van der Waals surface area contributed by atoms with Gasteiger partial charge in [0, 0.05) is 43.3 Å². The Kier molecular flexibility index (Phi) is 6.36. The number of aromatic nitrogens is 2. The molecule has 0 saturated heterocycles. The van der Waals surface area contributed by atoms with Crippen molar-refractivity contribution in [1.29, 1.82) is 0 Å². The monoisotopic (exact) mass is 389 g/mol. The van der Waals surface area contributed by atoms with E-state index in [1.165, 1.54) is 12.1 Å². The molecule has 0 fully saturated rings. The van der Waals surface area contributed by atoms with Gasteiger partial charge in [-0.1, -0.05) is 24.3 Å². The summed E-state index contributed by atoms with van der Waals surface area (Å²) in [7, 11) is 0. The van der Waals surface area contributed by atoms with E-state index in [1.54, 1.807) is 49.1 Å². The molecule has 1 aromatic carbocycles. The number of hydrogen-bond acceptors (Lipinski definition) is 3. The Morgan fingerprint density at radius 3 is 1.86 bits per heavy atom. The minimum Gasteiger partial charge on any atom is -0.309 e. The summed E-state index contributed by atoms with van der Waals surface area (Å²) in [4.78, 5) is 8.31. The molecule has 1 unspecified atom stereocenters. The second-order valence-corrected chi connectivity index (χ2v) is 6.40. The molecular weight excluding hydrogens is 370 g/mol. The van der Waals surface area contributed by atoms with Crippen molar-refractivity contribution in [3.63, 3.8) is 0 Å². The lowest BCUT2D eigenvalue weighted by Crippen LogP contribution is -2.31. The normalized spacial score (nSPS) is 12.9. The molecule has 2 heterocycles. The number of pyridine rings is 2. The zero-order valence-electron chi connectivity index (χ0n) is 14.9. The summed E-state index contributed by atoms with van der Waals surface area (Å²) in [6, 6.07) is 12.5. The van der Waals surface area contributed by atoms with Crippen LogP contribution in [0, 0.1) is 5.82 Å². The third-order valence-electron chi connectivity index (χ3n) is 4.42. The van der Waals surface area contributed by atoms with Crippen LogP contribution in [-0.4, -0.2) is 22.7 Å². The molecule has 1 atom stereocenters. The Morgan fingerprint density at radius 1 is 0.821 bits per heavy atom. The zero-order valence-corrected chi connectivity index (χ0v) is 14.9. The van der Waals surface area contributed by atoms with Gasteiger partial charge in [-0.3, -0.25) is 9.97 Å². The lowest BCUT2D eigenvalue weighted by molar-refractivity contribution is -0.133. The predicted octanol–water partition coefficient (Wildman–Crippen LogP) is 5.03. The highest BCUT2D eigenvalue weighted by molar-refractivity contribution is 5.35. The second-order valence-electron chi connectivity index (χ2n) is 6.40. The molecule has 1 N–H and O–H groups in total. The number of halogens is 4. The average Bonchev–Trinajstić information content (AvgIpc) is 2.69. The molecule has 0 saturated carbocycles. The summed E-state index contributed by atoms with van der Waals surface area (Å²) >= 11 is 0. The third kappa shape index (κ3) is 5.36. The molecule has 0 radical (unpaired) electrons. The van der Waals surface area contributed by atoms with Crippen LogP contribution in [0.2, 0.25) is 0 Å². The van der Waals surface area contributed by atoms with E-state index in [1.807, 2.05) is 12.1 Å². The SMILES string of the molecule is Fc1ccc(C(NCCC(F)(F)F)C(c2cccnc2)c2cccnc2)cc1. The molecule has 146 valence electrons. The molecule has 0 aliphatic rings. The minimum absolute atomic E-state index is 0.261. The van der Waals surface area contributed by atoms with Crippen molar-refractivity contribution in [2.24, 2.45) is 0 Å². The van der Waals surface area contributed by atoms with Gasteiger partial charge in [0.05, 0.1) is 6.42 Å². The van der Waals surface area contributed by atoms with E-state index in [2.05, 4.69) is 15.3 Å². The first-order valence-corrected chi connectivity index (χ1v) is 8.79. The van der Waals surface area contributed by atoms with Crippen molar-refractivity contribution in [3.8, 4) is 0 Å². The van der Waals surface area contributed by atoms with Crippen molar-refractivity contribution >= 4 is 0 Å². The van der Waals surface area contributed by atoms with Crippen LogP contribution < -0.4 is 5.32 Å². The van der Waals surface area contributed by atoms with Crippen LogP contribution in [0.25, 0.3) is 0 Å². The van der Waals surface area contributed by atoms with Crippen molar-refractivity contribution < 1.29 is 17.6 Å². The summed E-state index contributed by atoms with van der Waals surface area (Å²) in [5.74, 6) is -0.752. The van der Waals surface area contributed by atoms with Gasteiger partial charge in [0.15, 0.2) is 0 Å². The third-order valence-corrected chi connectivity index (χ3v) is 4.42. The Bertz CT molecular complexity index is 813. The molecule has 3 rings (SSSR count). The van der Waals surface area contributed by atoms with E-state index in [-0.39, 0.29) is 12.5 Å². The molecule has 0 amide bonds. The summed E-state index contributed by atoms with van der Waals surface area (Å²) in [6.07, 6.45) is 1.40. The van der Waals surface area contributed by atoms with Crippen molar-refractivity contribution in [1.82, 2.24) is 15.3 Å². The highest BCUT2D eigenvalue weighted by Crippen LogP contribution is 2.36. The maximum Gasteiger partial charge on any atom is 0.390 e. The van der Waals surface area contributed by atoms with Crippen LogP contribution in [0.5, 0.6) is 0 Å². The van der Waals surface area contributed by atoms with Crippen LogP contribution in [0.4, 0.5) is 17.6 Å². The van der Waals surface area contributed by atoms with Gasteiger partial charge in [-0.15, -0.1) is 0 Å². The van der Waals surface area contributed by atoms with Crippen LogP contribution in [0.1, 0.15) is 35.1 Å². The molecule has 0 spiro atoms. The second kappa shape index (κ2) is 8.93. The molecule has 7 heteroatoms. The van der Waals surface area contributed by atoms with E-state index >= 15 is 0 Å². The summed E-state index contributed by atoms with van der Waals surface area (Å²) in [5.41, 5.74) is 2.33. The van der Waals surface area contributed by atoms with Crippen LogP contribution in [-0.2, 0) is 0 Å². The molecular formula is C21H19F4N3. The fourth-order valence-electron chi connectivity index (χ4n) is 3.16. The van der Waals surface area contributed by atoms with Gasteiger partial charge in [-0.2, -0.15) is 13.2 Å². The summed E-state index contributed by atoms with van der Waals surface area (Å²) < 4.78 is 51.5. The largest absolute Gasteiger partial charge is 0.390 e. The molecule has 2 aromatic heterocycles. The van der Waals surface area contributed by atoms with Crippen molar-refractivity contribution in [2.75, 3.05) is 6.54 Å². The highest BCUT2D eigenvalue weighted by atomic mass is 19.4. The van der Waals surface area contributed by atoms with Gasteiger partial charge in [-0.05, 0) is 41.0 Å². The summed E-state index contributed by atoms with van der Waals surface area (Å²) in [6.45, 7) is -0.261. The average molecular weight is 389 g/mol. The van der Waals surface area contributed by atoms with Crippen LogP contribution >= 0.6 is 0 Å². The Balaban J connectivity index is 2.01. The number of hydrogen-bond donors (Lipinski definition) is 1. The van der Waals surface area contributed by atoms with E-state index in [0.29, 0.717) is 5.56 Å². The van der Waals surface area contributed by atoms with Gasteiger partial charge in [0.2, 0.25) is 0 Å². The molecule has 0 aliphatic heterocycles. The topological polar surface area (TPSA) is 37.8 Å². The molecule has 3 nitrogen and oxygen atoms in total. The lowest BCUT2D eigenvalue weighted by atomic mass is 9.83. The van der Waals surface area contributed by atoms with E-state index in [0.717, 1.165) is 11.1 Å². The molecule has 28 heavy (non-hydrogen) atoms. The summed E-state index contributed by atoms with van der Waals surface area (Å²) in [5, 5.41) is 3.01. The van der Waals surface area contributed by atoms with Crippen LogP contribution in [0.3, 0.4) is 0 Å². The maximum absolute atomic E-state index is 13.4. The molecule has 3 aromatic rings. The first-order valence-electron chi connectivity index (χ1n) is 8.79. The van der Waals surface area contributed by atoms with Gasteiger partial charge < -0.3 is 5.32 Å². The number of nitrogens with one attached hydrogen (secondary N) is 1. The zero-order chi connectivity index (χ0) is 20.0. The Labute approximate surface area is 160 Å². The number of nitrogens with zero attached hydrogens (tertiary/aromatic N) is 2. The minimum atomic E-state index is -4.27. The van der Waals surface area contributed by atoms with Crippen molar-refractivity contribution in [2.45, 2.75) is 24.6 Å². The smallest absolute Gasteiger partial charge is 0.309 e. The van der Waals surface area contributed by atoms with Gasteiger partial charge in [-0.25, -0.2) is 4.39 Å². The maximum atomic E-state index is 13.4. The van der Waals surface area contributed by atoms with E-state index in [9.17, 15) is 17.6 Å². The van der Waals surface area contributed by atoms with Gasteiger partial charge in [0.1, 0.15) is 5.82 Å². The van der Waals surface area contributed by atoms with Gasteiger partial charge >= 0.3 is 6.18 Å². The first kappa shape index (κ1) is 19.9. The first-order chi connectivity index (χ1) is 13.4. The number of rotatable bonds is 7. The standard InChI is InChI=1S/C21H19F4N3/c22-18-7-5-15(6-8-18)20(28-12-9-21(23,24)25)19(16-3-1-10-26-13-16)17-4-2-11-27-14-17/h1-8,10-11,13-14,19-20,28H,9,12H2. The molecule has 0 aliphatic carbocycles. The lowest BCUT2D eigenvalue weighted by Gasteiger charge is -2.29. The fourth-order valence-corrected chi connectivity index (χ4v) is 3.16. The van der Waals surface area contributed by atoms with E-state index < -0.39 is 24.5 Å². The Hall–Kier alpha value is -2.80. The van der Waals surface area contributed by atoms with Gasteiger partial charge in [0.25, 0.3) is 0 Å². The predicted molar refractivity (Wildman–Crippen MR) is 98.1 cm³/mol. The van der Waals surface area contributed by atoms with Crippen molar-refractivity contribution in [3.05, 3.63) is 95.8 Å².